The highest BCUT2D eigenvalue weighted by Gasteiger charge is 2.86. The molecule has 1 aromatic heterocycles. The molecule has 5 aliphatic rings. The van der Waals surface area contributed by atoms with Gasteiger partial charge < -0.3 is 28.5 Å². The number of fused-ring (bicyclic) bond motifs is 5. The number of esters is 3. The fourth-order valence-electron chi connectivity index (χ4n) is 9.69. The number of ether oxygens (including phenoxy) is 4. The second-order valence-electron chi connectivity index (χ2n) is 13.1. The third-order valence-corrected chi connectivity index (χ3v) is 11.1. The first-order chi connectivity index (χ1) is 18.3. The minimum atomic E-state index is -1.63. The third-order valence-electron chi connectivity index (χ3n) is 11.1. The SMILES string of the molecule is COC(=O)[C@H](O)[C@H]1C(C)(C)[C@@H](OC(C)=O)[C@H]2C(=O)[C@]1(C)[C@H]1CC[C@]3(C)[C@@H](CC(=O)O[C@H]3c3ccoc3)[C@]13O[C@H]23. The van der Waals surface area contributed by atoms with Crippen LogP contribution in [0.5, 0.6) is 0 Å². The molecule has 3 aliphatic carbocycles. The Balaban J connectivity index is 1.52. The lowest BCUT2D eigenvalue weighted by Crippen LogP contribution is -2.74. The summed E-state index contributed by atoms with van der Waals surface area (Å²) >= 11 is 0. The number of ketones is 1. The highest BCUT2D eigenvalue weighted by Crippen LogP contribution is 2.77. The summed E-state index contributed by atoms with van der Waals surface area (Å²) < 4.78 is 28.6. The highest BCUT2D eigenvalue weighted by atomic mass is 16.6. The van der Waals surface area contributed by atoms with E-state index in [9.17, 15) is 24.3 Å². The number of epoxide rings is 1. The lowest BCUT2D eigenvalue weighted by molar-refractivity contribution is -0.231. The monoisotopic (exact) mass is 544 g/mol. The minimum absolute atomic E-state index is 0.112. The van der Waals surface area contributed by atoms with E-state index in [0.717, 1.165) is 5.56 Å². The van der Waals surface area contributed by atoms with Crippen molar-refractivity contribution in [3.05, 3.63) is 24.2 Å². The van der Waals surface area contributed by atoms with E-state index in [2.05, 4.69) is 6.92 Å². The number of Topliss-reactive ketones (excluding diaryl/α,β-unsaturated/α-hetero) is 1. The second kappa shape index (κ2) is 8.16. The molecule has 0 radical (unpaired) electrons. The molecule has 3 heterocycles. The number of cyclic esters (lactones) is 1. The first kappa shape index (κ1) is 26.5. The van der Waals surface area contributed by atoms with E-state index >= 15 is 0 Å². The van der Waals surface area contributed by atoms with Crippen LogP contribution < -0.4 is 0 Å². The molecule has 0 aromatic carbocycles. The van der Waals surface area contributed by atoms with Gasteiger partial charge in [-0.2, -0.15) is 0 Å². The molecule has 2 bridgehead atoms. The van der Waals surface area contributed by atoms with E-state index in [1.54, 1.807) is 18.6 Å². The largest absolute Gasteiger partial charge is 0.472 e. The molecule has 1 spiro atoms. The number of rotatable bonds is 4. The van der Waals surface area contributed by atoms with Crippen molar-refractivity contribution in [2.45, 2.75) is 83.9 Å². The van der Waals surface area contributed by atoms with Crippen LogP contribution in [0.2, 0.25) is 0 Å². The maximum Gasteiger partial charge on any atom is 0.335 e. The van der Waals surface area contributed by atoms with Gasteiger partial charge in [0.25, 0.3) is 0 Å². The predicted octanol–water partition coefficient (Wildman–Crippen LogP) is 2.76. The van der Waals surface area contributed by atoms with E-state index < -0.39 is 70.0 Å². The average Bonchev–Trinajstić information content (AvgIpc) is 3.32. The molecule has 10 heteroatoms. The molecule has 212 valence electrons. The molecule has 2 aliphatic heterocycles. The Bertz CT molecular complexity index is 1240. The average molecular weight is 545 g/mol. The van der Waals surface area contributed by atoms with Crippen LogP contribution in [0, 0.1) is 39.9 Å². The van der Waals surface area contributed by atoms with Gasteiger partial charge in [-0.15, -0.1) is 0 Å². The Hall–Kier alpha value is -2.72. The van der Waals surface area contributed by atoms with E-state index in [0.29, 0.717) is 12.8 Å². The van der Waals surface area contributed by atoms with Crippen LogP contribution in [0.1, 0.15) is 65.5 Å². The number of carbonyl (C=O) groups is 4. The molecule has 1 aromatic rings. The number of aliphatic hydroxyl groups is 1. The number of furan rings is 1. The van der Waals surface area contributed by atoms with Crippen LogP contribution in [0.15, 0.2) is 23.0 Å². The molecule has 0 amide bonds. The van der Waals surface area contributed by atoms with Gasteiger partial charge in [-0.25, -0.2) is 4.79 Å². The minimum Gasteiger partial charge on any atom is -0.472 e. The maximum absolute atomic E-state index is 14.4. The molecule has 10 nitrogen and oxygen atoms in total. The van der Waals surface area contributed by atoms with Crippen LogP contribution in [0.4, 0.5) is 0 Å². The second-order valence-corrected chi connectivity index (χ2v) is 13.1. The smallest absolute Gasteiger partial charge is 0.335 e. The zero-order chi connectivity index (χ0) is 28.3. The van der Waals surface area contributed by atoms with Crippen LogP contribution in [0.3, 0.4) is 0 Å². The topological polar surface area (TPSA) is 142 Å². The molecular weight excluding hydrogens is 508 g/mol. The summed E-state index contributed by atoms with van der Waals surface area (Å²) in [4.78, 5) is 52.6. The Morgan fingerprint density at radius 2 is 1.87 bits per heavy atom. The van der Waals surface area contributed by atoms with Crippen LogP contribution >= 0.6 is 0 Å². The molecular formula is C29H36O10. The van der Waals surface area contributed by atoms with Crippen molar-refractivity contribution in [3.8, 4) is 0 Å². The summed E-state index contributed by atoms with van der Waals surface area (Å²) in [6, 6.07) is 1.79. The molecule has 11 atom stereocenters. The lowest BCUT2D eigenvalue weighted by Gasteiger charge is -2.65. The van der Waals surface area contributed by atoms with Crippen molar-refractivity contribution < 1.29 is 47.6 Å². The van der Waals surface area contributed by atoms with E-state index in [1.165, 1.54) is 14.0 Å². The zero-order valence-corrected chi connectivity index (χ0v) is 23.1. The highest BCUT2D eigenvalue weighted by molar-refractivity contribution is 5.94. The van der Waals surface area contributed by atoms with Gasteiger partial charge in [-0.1, -0.05) is 27.7 Å². The van der Waals surface area contributed by atoms with E-state index in [-0.39, 0.29) is 30.0 Å². The molecule has 0 unspecified atom stereocenters. The molecule has 3 saturated carbocycles. The Labute approximate surface area is 226 Å². The van der Waals surface area contributed by atoms with E-state index in [1.807, 2.05) is 20.8 Å². The van der Waals surface area contributed by atoms with Gasteiger partial charge in [0.15, 0.2) is 6.10 Å². The first-order valence-electron chi connectivity index (χ1n) is 13.6. The summed E-state index contributed by atoms with van der Waals surface area (Å²) in [6.45, 7) is 8.83. The van der Waals surface area contributed by atoms with Crippen molar-refractivity contribution >= 4 is 23.7 Å². The summed E-state index contributed by atoms with van der Waals surface area (Å²) in [6.07, 6.45) is 0.741. The lowest BCUT2D eigenvalue weighted by atomic mass is 9.37. The fourth-order valence-corrected chi connectivity index (χ4v) is 9.69. The van der Waals surface area contributed by atoms with Crippen LogP contribution in [-0.2, 0) is 38.1 Å². The van der Waals surface area contributed by atoms with Crippen LogP contribution in [-0.4, -0.2) is 59.8 Å². The van der Waals surface area contributed by atoms with Crippen molar-refractivity contribution in [1.29, 1.82) is 0 Å². The molecule has 39 heavy (non-hydrogen) atoms. The summed E-state index contributed by atoms with van der Waals surface area (Å²) in [5.74, 6) is -4.38. The quantitative estimate of drug-likeness (QED) is 0.342. The van der Waals surface area contributed by atoms with Gasteiger partial charge in [0, 0.05) is 46.5 Å². The van der Waals surface area contributed by atoms with Crippen molar-refractivity contribution in [3.63, 3.8) is 0 Å². The van der Waals surface area contributed by atoms with Crippen molar-refractivity contribution in [2.24, 2.45) is 39.9 Å². The van der Waals surface area contributed by atoms with Gasteiger partial charge in [0.1, 0.15) is 29.7 Å². The van der Waals surface area contributed by atoms with Gasteiger partial charge in [0.05, 0.1) is 32.0 Å². The van der Waals surface area contributed by atoms with Gasteiger partial charge >= 0.3 is 17.9 Å². The Kier molecular flexibility index (Phi) is 5.54. The van der Waals surface area contributed by atoms with Crippen LogP contribution in [0.25, 0.3) is 0 Å². The summed E-state index contributed by atoms with van der Waals surface area (Å²) in [5, 5.41) is 11.4. The Morgan fingerprint density at radius 3 is 2.49 bits per heavy atom. The third kappa shape index (κ3) is 3.16. The van der Waals surface area contributed by atoms with Gasteiger partial charge in [0.2, 0.25) is 0 Å². The number of aliphatic hydroxyl groups excluding tert-OH is 1. The summed E-state index contributed by atoms with van der Waals surface area (Å²) in [5.41, 5.74) is -2.82. The van der Waals surface area contributed by atoms with E-state index in [4.69, 9.17) is 23.4 Å². The molecule has 5 fully saturated rings. The van der Waals surface area contributed by atoms with Gasteiger partial charge in [-0.3, -0.25) is 14.4 Å². The van der Waals surface area contributed by atoms with Crippen molar-refractivity contribution in [2.75, 3.05) is 7.11 Å². The van der Waals surface area contributed by atoms with Crippen molar-refractivity contribution in [1.82, 2.24) is 0 Å². The molecule has 1 N–H and O–H groups in total. The first-order valence-corrected chi connectivity index (χ1v) is 13.6. The normalized spacial score (nSPS) is 46.1. The number of hydrogen-bond acceptors (Lipinski definition) is 10. The fraction of sp³-hybridized carbons (Fsp3) is 0.724. The van der Waals surface area contributed by atoms with Gasteiger partial charge in [-0.05, 0) is 18.9 Å². The molecule has 6 rings (SSSR count). The summed E-state index contributed by atoms with van der Waals surface area (Å²) in [7, 11) is 1.19. The number of hydrogen-bond donors (Lipinski definition) is 1. The number of methoxy groups -OCH3 is 1. The maximum atomic E-state index is 14.4. The molecule has 2 saturated heterocycles. The number of carbonyl (C=O) groups excluding carboxylic acids is 4. The standard InChI is InChI=1S/C29H36O10/c1-13(30)37-23-18-21(33)28(5,20(26(23,2)3)19(32)25(34)35-6)15-7-9-27(4)16(29(15)24(18)39-29)11-17(31)38-22(27)14-8-10-36-12-14/h8,10,12,15-16,18-20,22-24,32H,7,9,11H2,1-6H3/t15-,16-,18-,19-,20+,22+,23+,24-,27-,28-,29-/m1/s1. The predicted molar refractivity (Wildman–Crippen MR) is 132 cm³/mol. The zero-order valence-electron chi connectivity index (χ0n) is 23.1. The Morgan fingerprint density at radius 1 is 1.15 bits per heavy atom.